The maximum atomic E-state index is 13.4. The highest BCUT2D eigenvalue weighted by Gasteiger charge is 2.13. The molecule has 3 N–H and O–H groups in total. The van der Waals surface area contributed by atoms with Crippen LogP contribution in [0, 0.1) is 5.82 Å². The molecule has 0 aliphatic carbocycles. The number of hydrogen-bond acceptors (Lipinski definition) is 5. The first-order valence-corrected chi connectivity index (χ1v) is 10.3. The Morgan fingerprint density at radius 3 is 2.38 bits per heavy atom. The summed E-state index contributed by atoms with van der Waals surface area (Å²) in [6.07, 6.45) is 0. The molecule has 0 aliphatic heterocycles. The molecule has 3 amide bonds. The summed E-state index contributed by atoms with van der Waals surface area (Å²) in [7, 11) is 2.94. The highest BCUT2D eigenvalue weighted by Crippen LogP contribution is 2.28. The van der Waals surface area contributed by atoms with E-state index in [1.165, 1.54) is 38.4 Å². The molecule has 0 bridgehead atoms. The van der Waals surface area contributed by atoms with Gasteiger partial charge in [-0.15, -0.1) is 0 Å². The molecule has 0 radical (unpaired) electrons. The minimum Gasteiger partial charge on any atom is -0.493 e. The highest BCUT2D eigenvalue weighted by atomic mass is 19.1. The van der Waals surface area contributed by atoms with E-state index in [2.05, 4.69) is 16.0 Å². The summed E-state index contributed by atoms with van der Waals surface area (Å²) in [5.41, 5.74) is 1.82. The summed E-state index contributed by atoms with van der Waals surface area (Å²) in [6, 6.07) is 17.0. The maximum absolute atomic E-state index is 13.4. The predicted molar refractivity (Wildman–Crippen MR) is 125 cm³/mol. The topological polar surface area (TPSA) is 106 Å². The first-order chi connectivity index (χ1) is 16.4. The number of methoxy groups -OCH3 is 1. The molecule has 0 fully saturated rings. The van der Waals surface area contributed by atoms with Gasteiger partial charge in [0.25, 0.3) is 17.7 Å². The maximum Gasteiger partial charge on any atom is 0.257 e. The first kappa shape index (κ1) is 24.2. The zero-order valence-electron chi connectivity index (χ0n) is 18.7. The van der Waals surface area contributed by atoms with E-state index in [0.717, 1.165) is 11.6 Å². The fourth-order valence-corrected chi connectivity index (χ4v) is 3.02. The van der Waals surface area contributed by atoms with Crippen molar-refractivity contribution in [1.29, 1.82) is 0 Å². The molecule has 0 aliphatic rings. The Bertz CT molecular complexity index is 1200. The second-order valence-electron chi connectivity index (χ2n) is 7.18. The highest BCUT2D eigenvalue weighted by molar-refractivity contribution is 6.04. The van der Waals surface area contributed by atoms with Crippen molar-refractivity contribution in [3.05, 3.63) is 89.2 Å². The van der Waals surface area contributed by atoms with E-state index in [1.807, 2.05) is 0 Å². The van der Waals surface area contributed by atoms with Gasteiger partial charge >= 0.3 is 0 Å². The van der Waals surface area contributed by atoms with Gasteiger partial charge in [0.1, 0.15) is 5.82 Å². The number of hydrogen-bond donors (Lipinski definition) is 3. The zero-order chi connectivity index (χ0) is 24.5. The third-order valence-electron chi connectivity index (χ3n) is 4.79. The van der Waals surface area contributed by atoms with Crippen LogP contribution in [0.2, 0.25) is 0 Å². The third-order valence-corrected chi connectivity index (χ3v) is 4.79. The lowest BCUT2D eigenvalue weighted by Gasteiger charge is -2.12. The second kappa shape index (κ2) is 11.5. The van der Waals surface area contributed by atoms with Gasteiger partial charge in [0, 0.05) is 30.4 Å². The van der Waals surface area contributed by atoms with Crippen molar-refractivity contribution in [3.63, 3.8) is 0 Å². The van der Waals surface area contributed by atoms with Crippen LogP contribution in [-0.4, -0.2) is 38.5 Å². The molecule has 0 heterocycles. The smallest absolute Gasteiger partial charge is 0.257 e. The predicted octanol–water partition coefficient (Wildman–Crippen LogP) is 3.14. The zero-order valence-corrected chi connectivity index (χ0v) is 18.7. The van der Waals surface area contributed by atoms with E-state index in [-0.39, 0.29) is 30.5 Å². The number of benzene rings is 3. The van der Waals surface area contributed by atoms with Crippen molar-refractivity contribution in [2.24, 2.45) is 0 Å². The van der Waals surface area contributed by atoms with Crippen LogP contribution in [0.25, 0.3) is 0 Å². The summed E-state index contributed by atoms with van der Waals surface area (Å²) in [4.78, 5) is 36.3. The third kappa shape index (κ3) is 6.55. The molecule has 176 valence electrons. The quantitative estimate of drug-likeness (QED) is 0.450. The first-order valence-electron chi connectivity index (χ1n) is 10.3. The van der Waals surface area contributed by atoms with Crippen LogP contribution >= 0.6 is 0 Å². The van der Waals surface area contributed by atoms with E-state index >= 15 is 0 Å². The van der Waals surface area contributed by atoms with Crippen LogP contribution in [0.5, 0.6) is 11.5 Å². The average Bonchev–Trinajstić information content (AvgIpc) is 2.85. The van der Waals surface area contributed by atoms with Gasteiger partial charge in [-0.25, -0.2) is 4.39 Å². The summed E-state index contributed by atoms with van der Waals surface area (Å²) in [5.74, 6) is -0.912. The standard InChI is InChI=1S/C25H24FN3O5/c1-27-23(30)15-34-21-10-9-18(13-22(21)33-2)24(31)28-14-16-5-3-8-20(11-16)29-25(32)17-6-4-7-19(26)12-17/h3-13H,14-15H2,1-2H3,(H,27,30)(H,28,31)(H,29,32). The molecule has 0 spiro atoms. The van der Waals surface area contributed by atoms with Crippen molar-refractivity contribution >= 4 is 23.4 Å². The Hall–Kier alpha value is -4.40. The molecule has 8 nitrogen and oxygen atoms in total. The summed E-state index contributed by atoms with van der Waals surface area (Å²) >= 11 is 0. The number of rotatable bonds is 9. The number of halogens is 1. The van der Waals surface area contributed by atoms with Crippen LogP contribution in [0.15, 0.2) is 66.7 Å². The Morgan fingerprint density at radius 2 is 1.65 bits per heavy atom. The largest absolute Gasteiger partial charge is 0.493 e. The lowest BCUT2D eigenvalue weighted by Crippen LogP contribution is -2.25. The van der Waals surface area contributed by atoms with Gasteiger partial charge in [0.15, 0.2) is 18.1 Å². The van der Waals surface area contributed by atoms with Crippen LogP contribution in [0.1, 0.15) is 26.3 Å². The van der Waals surface area contributed by atoms with E-state index in [0.29, 0.717) is 22.7 Å². The van der Waals surface area contributed by atoms with E-state index in [1.54, 1.807) is 36.4 Å². The number of carbonyl (C=O) groups is 3. The second-order valence-corrected chi connectivity index (χ2v) is 7.18. The molecule has 0 atom stereocenters. The lowest BCUT2D eigenvalue weighted by molar-refractivity contribution is -0.122. The van der Waals surface area contributed by atoms with Crippen LogP contribution in [0.3, 0.4) is 0 Å². The number of carbonyl (C=O) groups excluding carboxylic acids is 3. The molecule has 9 heteroatoms. The lowest BCUT2D eigenvalue weighted by atomic mass is 10.1. The van der Waals surface area contributed by atoms with Crippen molar-refractivity contribution in [3.8, 4) is 11.5 Å². The van der Waals surface area contributed by atoms with Gasteiger partial charge in [-0.1, -0.05) is 18.2 Å². The van der Waals surface area contributed by atoms with E-state index in [4.69, 9.17) is 9.47 Å². The number of amides is 3. The molecule has 0 saturated heterocycles. The van der Waals surface area contributed by atoms with Crippen LogP contribution in [-0.2, 0) is 11.3 Å². The Labute approximate surface area is 196 Å². The molecule has 0 saturated carbocycles. The number of anilines is 1. The summed E-state index contributed by atoms with van der Waals surface area (Å²) in [6.45, 7) is 0.0320. The van der Waals surface area contributed by atoms with Gasteiger partial charge in [0.2, 0.25) is 0 Å². The fourth-order valence-electron chi connectivity index (χ4n) is 3.02. The van der Waals surface area contributed by atoms with Gasteiger partial charge < -0.3 is 25.4 Å². The molecule has 3 rings (SSSR count). The van der Waals surface area contributed by atoms with Gasteiger partial charge in [-0.05, 0) is 54.1 Å². The number of ether oxygens (including phenoxy) is 2. The minimum absolute atomic E-state index is 0.176. The Kier molecular flexibility index (Phi) is 8.17. The normalized spacial score (nSPS) is 10.2. The van der Waals surface area contributed by atoms with Gasteiger partial charge in [-0.3, -0.25) is 14.4 Å². The molecule has 3 aromatic rings. The molecular formula is C25H24FN3O5. The van der Waals surface area contributed by atoms with Crippen molar-refractivity contribution in [2.75, 3.05) is 26.1 Å². The fraction of sp³-hybridized carbons (Fsp3) is 0.160. The minimum atomic E-state index is -0.494. The van der Waals surface area contributed by atoms with Gasteiger partial charge in [0.05, 0.1) is 7.11 Å². The summed E-state index contributed by atoms with van der Waals surface area (Å²) in [5, 5.41) is 7.97. The van der Waals surface area contributed by atoms with E-state index in [9.17, 15) is 18.8 Å². The van der Waals surface area contributed by atoms with Crippen LogP contribution < -0.4 is 25.4 Å². The molecule has 34 heavy (non-hydrogen) atoms. The number of nitrogens with one attached hydrogen (secondary N) is 3. The monoisotopic (exact) mass is 465 g/mol. The Morgan fingerprint density at radius 1 is 0.882 bits per heavy atom. The molecule has 3 aromatic carbocycles. The van der Waals surface area contributed by atoms with Crippen molar-refractivity contribution < 1.29 is 28.2 Å². The molecule has 0 unspecified atom stereocenters. The SMILES string of the molecule is CNC(=O)COc1ccc(C(=O)NCc2cccc(NC(=O)c3cccc(F)c3)c2)cc1OC. The summed E-state index contributed by atoms with van der Waals surface area (Å²) < 4.78 is 24.0. The van der Waals surface area contributed by atoms with Gasteiger partial charge in [-0.2, -0.15) is 0 Å². The molecule has 0 aromatic heterocycles. The molecular weight excluding hydrogens is 441 g/mol. The average molecular weight is 465 g/mol. The van der Waals surface area contributed by atoms with Crippen LogP contribution in [0.4, 0.5) is 10.1 Å². The van der Waals surface area contributed by atoms with Crippen molar-refractivity contribution in [1.82, 2.24) is 10.6 Å². The number of likely N-dealkylation sites (N-methyl/N-ethyl adjacent to an activating group) is 1. The van der Waals surface area contributed by atoms with E-state index < -0.39 is 11.7 Å². The van der Waals surface area contributed by atoms with Crippen molar-refractivity contribution in [2.45, 2.75) is 6.54 Å². The Balaban J connectivity index is 1.61.